The Labute approximate surface area is 162 Å². The van der Waals surface area contributed by atoms with Gasteiger partial charge in [0, 0.05) is 37.8 Å². The van der Waals surface area contributed by atoms with Crippen molar-refractivity contribution in [2.75, 3.05) is 39.6 Å². The van der Waals surface area contributed by atoms with Gasteiger partial charge in [-0.2, -0.15) is 0 Å². The Morgan fingerprint density at radius 3 is 2.63 bits per heavy atom. The number of nitrogens with one attached hydrogen (secondary N) is 1. The van der Waals surface area contributed by atoms with Crippen molar-refractivity contribution in [2.45, 2.75) is 11.4 Å². The summed E-state index contributed by atoms with van der Waals surface area (Å²) in [5.74, 6) is 2.86. The molecule has 1 N–H and O–H groups in total. The molecule has 6 nitrogen and oxygen atoms in total. The van der Waals surface area contributed by atoms with E-state index in [1.165, 1.54) is 0 Å². The van der Waals surface area contributed by atoms with Crippen molar-refractivity contribution in [1.29, 1.82) is 0 Å². The predicted molar refractivity (Wildman–Crippen MR) is 108 cm³/mol. The minimum Gasteiger partial charge on any atom is -0.486 e. The maximum Gasteiger partial charge on any atom is 0.193 e. The smallest absolute Gasteiger partial charge is 0.193 e. The first kappa shape index (κ1) is 19.2. The lowest BCUT2D eigenvalue weighted by Crippen LogP contribution is -2.40. The minimum atomic E-state index is -1.02. The number of ether oxygens (including phenoxy) is 2. The van der Waals surface area contributed by atoms with Crippen LogP contribution in [0.4, 0.5) is 0 Å². The van der Waals surface area contributed by atoms with Gasteiger partial charge in [-0.1, -0.05) is 24.3 Å². The molecule has 27 heavy (non-hydrogen) atoms. The number of guanidine groups is 1. The highest BCUT2D eigenvalue weighted by molar-refractivity contribution is 7.85. The third-order valence-corrected chi connectivity index (χ3v) is 5.55. The van der Waals surface area contributed by atoms with Gasteiger partial charge in [0.05, 0.1) is 10.8 Å². The molecule has 0 fully saturated rings. The largest absolute Gasteiger partial charge is 0.486 e. The van der Waals surface area contributed by atoms with Gasteiger partial charge < -0.3 is 19.7 Å². The Kier molecular flexibility index (Phi) is 6.70. The number of hydrogen-bond donors (Lipinski definition) is 1. The van der Waals surface area contributed by atoms with E-state index < -0.39 is 10.8 Å². The van der Waals surface area contributed by atoms with Gasteiger partial charge in [-0.25, -0.2) is 0 Å². The van der Waals surface area contributed by atoms with Gasteiger partial charge >= 0.3 is 0 Å². The molecule has 1 aliphatic heterocycles. The zero-order chi connectivity index (χ0) is 19.1. The fourth-order valence-corrected chi connectivity index (χ4v) is 3.85. The van der Waals surface area contributed by atoms with E-state index in [1.54, 1.807) is 7.05 Å². The summed E-state index contributed by atoms with van der Waals surface area (Å²) in [4.78, 5) is 7.19. The van der Waals surface area contributed by atoms with Crippen LogP contribution in [-0.4, -0.2) is 54.7 Å². The number of hydrogen-bond acceptors (Lipinski definition) is 4. The molecule has 0 amide bonds. The summed E-state index contributed by atoms with van der Waals surface area (Å²) in [5.41, 5.74) is 1.11. The van der Waals surface area contributed by atoms with Gasteiger partial charge in [-0.3, -0.25) is 9.20 Å². The summed E-state index contributed by atoms with van der Waals surface area (Å²) in [6, 6.07) is 15.5. The molecule has 0 radical (unpaired) electrons. The number of fused-ring (bicyclic) bond motifs is 1. The van der Waals surface area contributed by atoms with Crippen molar-refractivity contribution >= 4 is 16.8 Å². The molecule has 1 heterocycles. The first-order chi connectivity index (χ1) is 13.2. The van der Waals surface area contributed by atoms with Gasteiger partial charge in [0.1, 0.15) is 13.2 Å². The lowest BCUT2D eigenvalue weighted by Gasteiger charge is -2.23. The molecular formula is C20H25N3O3S. The Hall–Kier alpha value is -2.54. The predicted octanol–water partition coefficient (Wildman–Crippen LogP) is 2.27. The average Bonchev–Trinajstić information content (AvgIpc) is 2.71. The lowest BCUT2D eigenvalue weighted by molar-refractivity contribution is 0.171. The molecule has 7 heteroatoms. The number of benzene rings is 2. The third kappa shape index (κ3) is 5.23. The van der Waals surface area contributed by atoms with Crippen molar-refractivity contribution in [3.63, 3.8) is 0 Å². The summed E-state index contributed by atoms with van der Waals surface area (Å²) in [6.45, 7) is 2.43. The highest BCUT2D eigenvalue weighted by Crippen LogP contribution is 2.31. The molecule has 0 saturated carbocycles. The van der Waals surface area contributed by atoms with Gasteiger partial charge in [0.25, 0.3) is 0 Å². The van der Waals surface area contributed by atoms with Crippen LogP contribution in [0.3, 0.4) is 0 Å². The summed E-state index contributed by atoms with van der Waals surface area (Å²) in [6.07, 6.45) is 0. The highest BCUT2D eigenvalue weighted by Gasteiger charge is 2.13. The first-order valence-electron chi connectivity index (χ1n) is 8.91. The quantitative estimate of drug-likeness (QED) is 0.609. The van der Waals surface area contributed by atoms with Crippen molar-refractivity contribution in [1.82, 2.24) is 10.2 Å². The maximum absolute atomic E-state index is 12.3. The van der Waals surface area contributed by atoms with Crippen LogP contribution in [0.1, 0.15) is 5.56 Å². The fourth-order valence-electron chi connectivity index (χ4n) is 2.87. The molecule has 0 saturated heterocycles. The van der Waals surface area contributed by atoms with Crippen molar-refractivity contribution in [3.8, 4) is 11.5 Å². The van der Waals surface area contributed by atoms with Crippen LogP contribution in [0, 0.1) is 0 Å². The number of nitrogens with zero attached hydrogens (tertiary/aromatic N) is 2. The molecule has 3 rings (SSSR count). The molecule has 1 aliphatic rings. The third-order valence-electron chi connectivity index (χ3n) is 4.18. The Bertz CT molecular complexity index is 811. The maximum atomic E-state index is 12.3. The van der Waals surface area contributed by atoms with E-state index in [1.807, 2.05) is 60.5 Å². The van der Waals surface area contributed by atoms with E-state index in [9.17, 15) is 4.21 Å². The van der Waals surface area contributed by atoms with Gasteiger partial charge in [0.15, 0.2) is 17.5 Å². The Morgan fingerprint density at radius 2 is 1.89 bits per heavy atom. The molecule has 1 atom stereocenters. The molecule has 0 spiro atoms. The van der Waals surface area contributed by atoms with E-state index in [0.717, 1.165) is 27.9 Å². The second kappa shape index (κ2) is 9.41. The highest BCUT2D eigenvalue weighted by atomic mass is 32.2. The fraction of sp³-hybridized carbons (Fsp3) is 0.350. The average molecular weight is 388 g/mol. The van der Waals surface area contributed by atoms with Crippen LogP contribution in [0.5, 0.6) is 11.5 Å². The van der Waals surface area contributed by atoms with E-state index in [-0.39, 0.29) is 0 Å². The molecule has 144 valence electrons. The Morgan fingerprint density at radius 1 is 1.15 bits per heavy atom. The van der Waals surface area contributed by atoms with Crippen LogP contribution >= 0.6 is 0 Å². The van der Waals surface area contributed by atoms with Gasteiger partial charge in [-0.15, -0.1) is 0 Å². The SMILES string of the molecule is CN=C(NCCS(=O)c1ccccc1)N(C)Cc1ccc2c(c1)OCCO2. The van der Waals surface area contributed by atoms with Crippen LogP contribution in [0.25, 0.3) is 0 Å². The molecule has 0 aromatic heterocycles. The van der Waals surface area contributed by atoms with Crippen LogP contribution in [0.2, 0.25) is 0 Å². The van der Waals surface area contributed by atoms with Crippen molar-refractivity contribution in [2.24, 2.45) is 4.99 Å². The van der Waals surface area contributed by atoms with Crippen molar-refractivity contribution < 1.29 is 13.7 Å². The monoisotopic (exact) mass is 387 g/mol. The number of rotatable bonds is 6. The molecule has 0 aliphatic carbocycles. The molecule has 0 bridgehead atoms. The minimum absolute atomic E-state index is 0.529. The molecule has 1 unspecified atom stereocenters. The van der Waals surface area contributed by atoms with Crippen LogP contribution in [-0.2, 0) is 17.3 Å². The normalized spacial score (nSPS) is 14.5. The summed E-state index contributed by atoms with van der Waals surface area (Å²) in [5, 5.41) is 3.28. The molecule has 2 aromatic carbocycles. The number of aliphatic imine (C=N–C) groups is 1. The lowest BCUT2D eigenvalue weighted by atomic mass is 10.2. The van der Waals surface area contributed by atoms with Gasteiger partial charge in [-0.05, 0) is 29.8 Å². The zero-order valence-corrected chi connectivity index (χ0v) is 16.5. The second-order valence-electron chi connectivity index (χ2n) is 6.17. The summed E-state index contributed by atoms with van der Waals surface area (Å²) >= 11 is 0. The topological polar surface area (TPSA) is 63.2 Å². The van der Waals surface area contributed by atoms with Crippen molar-refractivity contribution in [3.05, 3.63) is 54.1 Å². The first-order valence-corrected chi connectivity index (χ1v) is 10.2. The molecule has 2 aromatic rings. The standard InChI is InChI=1S/C20H25N3O3S/c1-21-20(22-10-13-27(24)17-6-4-3-5-7-17)23(2)15-16-8-9-18-19(14-16)26-12-11-25-18/h3-9,14H,10-13,15H2,1-2H3,(H,21,22). The van der Waals surface area contributed by atoms with Gasteiger partial charge in [0.2, 0.25) is 0 Å². The van der Waals surface area contributed by atoms with Crippen LogP contribution < -0.4 is 14.8 Å². The van der Waals surface area contributed by atoms with E-state index in [0.29, 0.717) is 32.1 Å². The van der Waals surface area contributed by atoms with Crippen LogP contribution in [0.15, 0.2) is 58.4 Å². The Balaban J connectivity index is 1.52. The van der Waals surface area contributed by atoms with E-state index in [2.05, 4.69) is 10.3 Å². The van der Waals surface area contributed by atoms with E-state index >= 15 is 0 Å². The molecular weight excluding hydrogens is 362 g/mol. The van der Waals surface area contributed by atoms with E-state index in [4.69, 9.17) is 9.47 Å². The second-order valence-corrected chi connectivity index (χ2v) is 7.74. The zero-order valence-electron chi connectivity index (χ0n) is 15.7. The summed E-state index contributed by atoms with van der Waals surface area (Å²) < 4.78 is 23.5. The summed E-state index contributed by atoms with van der Waals surface area (Å²) in [7, 11) is 2.70.